The van der Waals surface area contributed by atoms with Gasteiger partial charge < -0.3 is 14.8 Å². The number of carbonyl (C=O) groups is 2. The molecule has 0 saturated heterocycles. The van der Waals surface area contributed by atoms with E-state index >= 15 is 0 Å². The van der Waals surface area contributed by atoms with Gasteiger partial charge in [-0.25, -0.2) is 4.79 Å². The van der Waals surface area contributed by atoms with Crippen LogP contribution in [0, 0.1) is 0 Å². The molecule has 0 fully saturated rings. The Hall–Kier alpha value is -2.34. The minimum Gasteiger partial charge on any atom is -0.481 e. The number of carbonyl (C=O) groups excluding carboxylic acids is 2. The minimum atomic E-state index is -0.679. The highest BCUT2D eigenvalue weighted by molar-refractivity contribution is 7.17. The smallest absolute Gasteiger partial charge is 0.341 e. The van der Waals surface area contributed by atoms with Gasteiger partial charge in [0.2, 0.25) is 0 Å². The van der Waals surface area contributed by atoms with Gasteiger partial charge in [-0.05, 0) is 69.2 Å². The molecule has 5 nitrogen and oxygen atoms in total. The second kappa shape index (κ2) is 9.24. The molecule has 1 N–H and O–H groups in total. The van der Waals surface area contributed by atoms with Gasteiger partial charge in [-0.2, -0.15) is 0 Å². The molecule has 3 rings (SSSR count). The molecule has 1 aliphatic carbocycles. The van der Waals surface area contributed by atoms with Gasteiger partial charge in [-0.15, -0.1) is 11.3 Å². The second-order valence-electron chi connectivity index (χ2n) is 6.88. The molecule has 0 spiro atoms. The molecule has 1 heterocycles. The lowest BCUT2D eigenvalue weighted by molar-refractivity contribution is -0.122. The first-order valence-corrected chi connectivity index (χ1v) is 10.7. The van der Waals surface area contributed by atoms with E-state index in [1.807, 2.05) is 24.3 Å². The minimum absolute atomic E-state index is 0.274. The van der Waals surface area contributed by atoms with Crippen molar-refractivity contribution in [3.8, 4) is 5.75 Å². The molecular weight excluding hydrogens is 374 g/mol. The fourth-order valence-corrected chi connectivity index (χ4v) is 4.63. The largest absolute Gasteiger partial charge is 0.481 e. The zero-order valence-electron chi connectivity index (χ0n) is 16.7. The van der Waals surface area contributed by atoms with Crippen LogP contribution in [-0.4, -0.2) is 24.6 Å². The van der Waals surface area contributed by atoms with E-state index in [4.69, 9.17) is 9.47 Å². The predicted molar refractivity (Wildman–Crippen MR) is 111 cm³/mol. The average molecular weight is 402 g/mol. The molecule has 0 radical (unpaired) electrons. The molecule has 1 aromatic carbocycles. The Morgan fingerprint density at radius 3 is 2.54 bits per heavy atom. The van der Waals surface area contributed by atoms with E-state index in [1.54, 1.807) is 13.8 Å². The van der Waals surface area contributed by atoms with Crippen LogP contribution in [0.25, 0.3) is 0 Å². The highest BCUT2D eigenvalue weighted by Gasteiger charge is 2.28. The van der Waals surface area contributed by atoms with Crippen molar-refractivity contribution in [1.82, 2.24) is 0 Å². The Morgan fingerprint density at radius 1 is 1.14 bits per heavy atom. The Labute approximate surface area is 170 Å². The van der Waals surface area contributed by atoms with Crippen LogP contribution in [0.3, 0.4) is 0 Å². The summed E-state index contributed by atoms with van der Waals surface area (Å²) in [5, 5.41) is 3.48. The highest BCUT2D eigenvalue weighted by Crippen LogP contribution is 2.38. The van der Waals surface area contributed by atoms with Crippen molar-refractivity contribution in [2.24, 2.45) is 0 Å². The monoisotopic (exact) mass is 401 g/mol. The lowest BCUT2D eigenvalue weighted by Gasteiger charge is -2.15. The number of fused-ring (bicyclic) bond motifs is 1. The van der Waals surface area contributed by atoms with Gasteiger partial charge in [0, 0.05) is 4.88 Å². The van der Waals surface area contributed by atoms with Crippen LogP contribution >= 0.6 is 11.3 Å². The summed E-state index contributed by atoms with van der Waals surface area (Å²) in [7, 11) is 0. The van der Waals surface area contributed by atoms with Gasteiger partial charge in [0.15, 0.2) is 6.10 Å². The lowest BCUT2D eigenvalue weighted by atomic mass is 9.95. The van der Waals surface area contributed by atoms with E-state index in [0.717, 1.165) is 37.7 Å². The van der Waals surface area contributed by atoms with Crippen LogP contribution in [0.4, 0.5) is 5.00 Å². The van der Waals surface area contributed by atoms with Gasteiger partial charge >= 0.3 is 5.97 Å². The number of hydrogen-bond acceptors (Lipinski definition) is 5. The van der Waals surface area contributed by atoms with Crippen LogP contribution in [0.2, 0.25) is 0 Å². The summed E-state index contributed by atoms with van der Waals surface area (Å²) in [6.45, 7) is 5.90. The number of hydrogen-bond donors (Lipinski definition) is 1. The standard InChI is InChI=1S/C22H27NO4S/c1-4-15-10-12-16(13-11-15)27-14(3)20(24)23-21-19(22(25)26-5-2)17-8-6-7-9-18(17)28-21/h10-14H,4-9H2,1-3H3,(H,23,24). The number of nitrogens with one attached hydrogen (secondary N) is 1. The van der Waals surface area contributed by atoms with Crippen molar-refractivity contribution in [3.63, 3.8) is 0 Å². The fraction of sp³-hybridized carbons (Fsp3) is 0.455. The third-order valence-electron chi connectivity index (χ3n) is 4.90. The van der Waals surface area contributed by atoms with E-state index in [1.165, 1.54) is 21.8 Å². The Balaban J connectivity index is 1.75. The summed E-state index contributed by atoms with van der Waals surface area (Å²) in [6, 6.07) is 7.73. The Bertz CT molecular complexity index is 841. The Kier molecular flexibility index (Phi) is 6.73. The topological polar surface area (TPSA) is 64.6 Å². The van der Waals surface area contributed by atoms with Gasteiger partial charge in [0.1, 0.15) is 10.8 Å². The molecule has 1 amide bonds. The summed E-state index contributed by atoms with van der Waals surface area (Å²) in [5.41, 5.74) is 2.77. The number of amides is 1. The number of rotatable bonds is 7. The van der Waals surface area contributed by atoms with Crippen LogP contribution in [-0.2, 0) is 28.8 Å². The molecule has 150 valence electrons. The second-order valence-corrected chi connectivity index (χ2v) is 7.99. The van der Waals surface area contributed by atoms with Crippen molar-refractivity contribution < 1.29 is 19.1 Å². The molecule has 1 aromatic heterocycles. The average Bonchev–Trinajstić information content (AvgIpc) is 3.06. The molecule has 28 heavy (non-hydrogen) atoms. The number of aryl methyl sites for hydroxylation is 2. The van der Waals surface area contributed by atoms with Gasteiger partial charge in [0.25, 0.3) is 5.91 Å². The fourth-order valence-electron chi connectivity index (χ4n) is 3.35. The molecule has 1 aliphatic rings. The van der Waals surface area contributed by atoms with E-state index < -0.39 is 6.10 Å². The normalized spacial score (nSPS) is 14.1. The van der Waals surface area contributed by atoms with Crippen molar-refractivity contribution in [3.05, 3.63) is 45.8 Å². The van der Waals surface area contributed by atoms with Crippen LogP contribution in [0.1, 0.15) is 60.0 Å². The lowest BCUT2D eigenvalue weighted by Crippen LogP contribution is -2.30. The zero-order chi connectivity index (χ0) is 20.1. The summed E-state index contributed by atoms with van der Waals surface area (Å²) >= 11 is 1.48. The molecule has 1 unspecified atom stereocenters. The van der Waals surface area contributed by atoms with Gasteiger partial charge in [-0.1, -0.05) is 19.1 Å². The highest BCUT2D eigenvalue weighted by atomic mass is 32.1. The van der Waals surface area contributed by atoms with Crippen molar-refractivity contribution in [2.45, 2.75) is 59.0 Å². The van der Waals surface area contributed by atoms with Gasteiger partial charge in [-0.3, -0.25) is 4.79 Å². The van der Waals surface area contributed by atoms with E-state index in [0.29, 0.717) is 22.9 Å². The van der Waals surface area contributed by atoms with Crippen molar-refractivity contribution in [1.29, 1.82) is 0 Å². The quantitative estimate of drug-likeness (QED) is 0.679. The van der Waals surface area contributed by atoms with Crippen molar-refractivity contribution >= 4 is 28.2 Å². The van der Waals surface area contributed by atoms with E-state index in [9.17, 15) is 9.59 Å². The van der Waals surface area contributed by atoms with Crippen LogP contribution in [0.15, 0.2) is 24.3 Å². The van der Waals surface area contributed by atoms with Crippen LogP contribution < -0.4 is 10.1 Å². The maximum atomic E-state index is 12.7. The molecule has 6 heteroatoms. The Morgan fingerprint density at radius 2 is 1.86 bits per heavy atom. The molecule has 2 aromatic rings. The summed E-state index contributed by atoms with van der Waals surface area (Å²) in [5.74, 6) is 0.0144. The molecule has 0 saturated carbocycles. The number of ether oxygens (including phenoxy) is 2. The number of benzene rings is 1. The maximum absolute atomic E-state index is 12.7. The number of anilines is 1. The van der Waals surface area contributed by atoms with E-state index in [2.05, 4.69) is 12.2 Å². The predicted octanol–water partition coefficient (Wildman–Crippen LogP) is 4.77. The summed E-state index contributed by atoms with van der Waals surface area (Å²) < 4.78 is 11.0. The zero-order valence-corrected chi connectivity index (χ0v) is 17.5. The first-order valence-electron chi connectivity index (χ1n) is 9.91. The molecular formula is C22H27NO4S. The molecule has 1 atom stereocenters. The summed E-state index contributed by atoms with van der Waals surface area (Å²) in [6.07, 6.45) is 4.23. The van der Waals surface area contributed by atoms with Gasteiger partial charge in [0.05, 0.1) is 12.2 Å². The third-order valence-corrected chi connectivity index (χ3v) is 6.11. The van der Waals surface area contributed by atoms with E-state index in [-0.39, 0.29) is 11.9 Å². The number of thiophene rings is 1. The summed E-state index contributed by atoms with van der Waals surface area (Å²) in [4.78, 5) is 26.4. The van der Waals surface area contributed by atoms with Crippen molar-refractivity contribution in [2.75, 3.05) is 11.9 Å². The third kappa shape index (κ3) is 4.55. The first-order chi connectivity index (χ1) is 13.5. The SMILES string of the molecule is CCOC(=O)c1c(NC(=O)C(C)Oc2ccc(CC)cc2)sc2c1CCCC2. The number of esters is 1. The maximum Gasteiger partial charge on any atom is 0.341 e. The first kappa shape index (κ1) is 20.4. The molecule has 0 aliphatic heterocycles. The molecule has 0 bridgehead atoms. The van der Waals surface area contributed by atoms with Crippen LogP contribution in [0.5, 0.6) is 5.75 Å².